The molecule has 0 aliphatic rings. The summed E-state index contributed by atoms with van der Waals surface area (Å²) in [5.41, 5.74) is 2.21. The molecule has 2 rings (SSSR count). The van der Waals surface area contributed by atoms with Gasteiger partial charge in [-0.15, -0.1) is 0 Å². The van der Waals surface area contributed by atoms with Gasteiger partial charge < -0.3 is 29.9 Å². The minimum absolute atomic E-state index is 0.0428. The number of carboxylic acids is 2. The largest absolute Gasteiger partial charge is 0.489 e. The van der Waals surface area contributed by atoms with Gasteiger partial charge in [-0.05, 0) is 113 Å². The highest BCUT2D eigenvalue weighted by atomic mass is 79.9. The van der Waals surface area contributed by atoms with Crippen LogP contribution in [0.25, 0.3) is 0 Å². The monoisotopic (exact) mass is 800 g/mol. The Morgan fingerprint density at radius 3 is 1.13 bits per heavy atom. The Kier molecular flexibility index (Phi) is 17.1. The van der Waals surface area contributed by atoms with Crippen LogP contribution in [0.2, 0.25) is 0 Å². The molecule has 2 aromatic carbocycles. The molecule has 0 aliphatic heterocycles. The van der Waals surface area contributed by atoms with Crippen molar-refractivity contribution in [3.63, 3.8) is 0 Å². The minimum atomic E-state index is -0.935. The number of halogens is 4. The Morgan fingerprint density at radius 1 is 0.718 bits per heavy atom. The van der Waals surface area contributed by atoms with Gasteiger partial charge in [-0.2, -0.15) is 0 Å². The number of carbonyl (C=O) groups is 2. The van der Waals surface area contributed by atoms with Crippen LogP contribution in [0.3, 0.4) is 0 Å². The van der Waals surface area contributed by atoms with E-state index < -0.39 is 11.9 Å². The van der Waals surface area contributed by atoms with Gasteiger partial charge in [-0.3, -0.25) is 0 Å². The highest BCUT2D eigenvalue weighted by Crippen LogP contribution is 2.44. The first kappa shape index (κ1) is 37.3. The van der Waals surface area contributed by atoms with Crippen molar-refractivity contribution in [3.05, 3.63) is 77.6 Å². The van der Waals surface area contributed by atoms with Crippen LogP contribution < -0.4 is 9.47 Å². The molecule has 0 saturated carbocycles. The van der Waals surface area contributed by atoms with Crippen LogP contribution in [0.5, 0.6) is 11.5 Å². The Hall–Kier alpha value is -1.70. The lowest BCUT2D eigenvalue weighted by Crippen LogP contribution is -2.19. The first-order valence-corrected chi connectivity index (χ1v) is 14.4. The van der Waals surface area contributed by atoms with Gasteiger partial charge >= 0.3 is 11.9 Å². The molecule has 0 saturated heterocycles. The maximum Gasteiger partial charge on any atom is 0.330 e. The van der Waals surface area contributed by atoms with Crippen LogP contribution in [0, 0.1) is 0 Å². The zero-order valence-corrected chi connectivity index (χ0v) is 28.3. The predicted molar refractivity (Wildman–Crippen MR) is 166 cm³/mol. The van der Waals surface area contributed by atoms with Crippen LogP contribution in [-0.4, -0.2) is 58.8 Å². The van der Waals surface area contributed by atoms with Crippen molar-refractivity contribution in [1.29, 1.82) is 0 Å². The SMILES string of the molecule is C=C(C)C(=O)O.C=C(C)C(=O)O.CC(C)(c1cc(Br)c(OCCO)c(Br)c1)c1cc(Br)c(OCCO)c(Br)c1. The zero-order chi connectivity index (χ0) is 30.5. The highest BCUT2D eigenvalue weighted by Gasteiger charge is 2.27. The predicted octanol–water partition coefficient (Wildman–Crippen LogP) is 7.10. The summed E-state index contributed by atoms with van der Waals surface area (Å²) < 4.78 is 14.4. The van der Waals surface area contributed by atoms with Crippen molar-refractivity contribution < 1.29 is 39.5 Å². The van der Waals surface area contributed by atoms with E-state index in [2.05, 4.69) is 90.7 Å². The van der Waals surface area contributed by atoms with Crippen LogP contribution >= 0.6 is 63.7 Å². The molecule has 0 heterocycles. The van der Waals surface area contributed by atoms with Crippen LogP contribution in [0.4, 0.5) is 0 Å². The molecule has 0 aromatic heterocycles. The van der Waals surface area contributed by atoms with E-state index in [-0.39, 0.29) is 43.0 Å². The summed E-state index contributed by atoms with van der Waals surface area (Å²) in [6.07, 6.45) is 0. The topological polar surface area (TPSA) is 134 Å². The summed E-state index contributed by atoms with van der Waals surface area (Å²) in [7, 11) is 0. The molecule has 0 amide bonds. The van der Waals surface area contributed by atoms with Crippen LogP contribution in [0.1, 0.15) is 38.8 Å². The minimum Gasteiger partial charge on any atom is -0.489 e. The molecule has 12 heteroatoms. The molecule has 8 nitrogen and oxygen atoms in total. The van der Waals surface area contributed by atoms with E-state index in [0.29, 0.717) is 11.5 Å². The molecule has 2 aromatic rings. The van der Waals surface area contributed by atoms with Crippen molar-refractivity contribution in [2.24, 2.45) is 0 Å². The molecule has 0 aliphatic carbocycles. The molecular weight excluding hydrogens is 772 g/mol. The van der Waals surface area contributed by atoms with Gasteiger partial charge in [-0.25, -0.2) is 9.59 Å². The fraction of sp³-hybridized carbons (Fsp3) is 0.333. The molecule has 0 fully saturated rings. The van der Waals surface area contributed by atoms with E-state index in [1.54, 1.807) is 0 Å². The summed E-state index contributed by atoms with van der Waals surface area (Å²) in [4.78, 5) is 19.2. The summed E-state index contributed by atoms with van der Waals surface area (Å²) >= 11 is 14.3. The van der Waals surface area contributed by atoms with Crippen molar-refractivity contribution in [1.82, 2.24) is 0 Å². The van der Waals surface area contributed by atoms with E-state index in [4.69, 9.17) is 29.9 Å². The number of aliphatic hydroxyl groups is 2. The number of aliphatic hydroxyl groups excluding tert-OH is 2. The van der Waals surface area contributed by atoms with E-state index in [9.17, 15) is 9.59 Å². The molecule has 0 unspecified atom stereocenters. The van der Waals surface area contributed by atoms with E-state index in [1.807, 2.05) is 24.3 Å². The Bertz CT molecular complexity index is 1020. The Balaban J connectivity index is 0.00000100. The van der Waals surface area contributed by atoms with Gasteiger partial charge in [0.15, 0.2) is 0 Å². The lowest BCUT2D eigenvalue weighted by molar-refractivity contribution is -0.133. The van der Waals surface area contributed by atoms with Crippen molar-refractivity contribution in [2.75, 3.05) is 26.4 Å². The van der Waals surface area contributed by atoms with Crippen molar-refractivity contribution in [3.8, 4) is 11.5 Å². The fourth-order valence-electron chi connectivity index (χ4n) is 2.58. The molecule has 0 atom stereocenters. The summed E-state index contributed by atoms with van der Waals surface area (Å²) in [6, 6.07) is 8.09. The second-order valence-corrected chi connectivity index (χ2v) is 11.9. The number of hydrogen-bond donors (Lipinski definition) is 4. The highest BCUT2D eigenvalue weighted by molar-refractivity contribution is 9.11. The first-order valence-electron chi connectivity index (χ1n) is 11.2. The maximum atomic E-state index is 9.60. The van der Waals surface area contributed by atoms with Gasteiger partial charge in [0.05, 0.1) is 31.1 Å². The molecule has 4 N–H and O–H groups in total. The lowest BCUT2D eigenvalue weighted by Gasteiger charge is -2.28. The van der Waals surface area contributed by atoms with E-state index >= 15 is 0 Å². The summed E-state index contributed by atoms with van der Waals surface area (Å²) in [6.45, 7) is 13.9. The Labute approximate surface area is 262 Å². The molecule has 0 bridgehead atoms. The van der Waals surface area contributed by atoms with Gasteiger partial charge in [0.25, 0.3) is 0 Å². The zero-order valence-electron chi connectivity index (χ0n) is 22.0. The summed E-state index contributed by atoms with van der Waals surface area (Å²) in [5, 5.41) is 33.7. The molecule has 0 radical (unpaired) electrons. The first-order chi connectivity index (χ1) is 18.0. The van der Waals surface area contributed by atoms with Gasteiger partial charge in [0.2, 0.25) is 0 Å². The van der Waals surface area contributed by atoms with E-state index in [1.165, 1.54) is 13.8 Å². The molecule has 0 spiro atoms. The number of ether oxygens (including phenoxy) is 2. The van der Waals surface area contributed by atoms with Gasteiger partial charge in [-0.1, -0.05) is 27.0 Å². The second kappa shape index (κ2) is 17.9. The molecular formula is C27H32Br4O8. The normalized spacial score (nSPS) is 10.3. The average molecular weight is 804 g/mol. The smallest absolute Gasteiger partial charge is 0.330 e. The third kappa shape index (κ3) is 12.6. The number of rotatable bonds is 10. The van der Waals surface area contributed by atoms with Crippen molar-refractivity contribution in [2.45, 2.75) is 33.1 Å². The number of benzene rings is 2. The molecule has 216 valence electrons. The number of carboxylic acid groups (broad SMARTS) is 2. The second-order valence-electron chi connectivity index (χ2n) is 8.48. The third-order valence-electron chi connectivity index (χ3n) is 4.85. The van der Waals surface area contributed by atoms with Crippen LogP contribution in [0.15, 0.2) is 66.5 Å². The molecule has 39 heavy (non-hydrogen) atoms. The van der Waals surface area contributed by atoms with Crippen LogP contribution in [-0.2, 0) is 15.0 Å². The third-order valence-corrected chi connectivity index (χ3v) is 7.20. The quantitative estimate of drug-likeness (QED) is 0.187. The maximum absolute atomic E-state index is 9.60. The summed E-state index contributed by atoms with van der Waals surface area (Å²) in [5.74, 6) is -0.539. The standard InChI is InChI=1S/C19H20Br4O4.2C4H6O2/c1-19(2,11-7-13(20)17(14(21)8-11)26-5-3-24)12-9-15(22)18(16(23)10-12)27-6-4-25;2*1-3(2)4(5)6/h7-10,24-25H,3-6H2,1-2H3;2*1H2,2H3,(H,5,6). The fourth-order valence-corrected chi connectivity index (χ4v) is 5.41. The Morgan fingerprint density at radius 2 is 0.949 bits per heavy atom. The van der Waals surface area contributed by atoms with Gasteiger partial charge in [0, 0.05) is 16.6 Å². The number of hydrogen-bond acceptors (Lipinski definition) is 6. The van der Waals surface area contributed by atoms with Crippen molar-refractivity contribution >= 4 is 75.7 Å². The van der Waals surface area contributed by atoms with E-state index in [0.717, 1.165) is 29.0 Å². The average Bonchev–Trinajstić information content (AvgIpc) is 2.83. The lowest BCUT2D eigenvalue weighted by atomic mass is 9.78. The van der Waals surface area contributed by atoms with Gasteiger partial charge in [0.1, 0.15) is 24.7 Å². The number of aliphatic carboxylic acids is 2.